The minimum absolute atomic E-state index is 0.186. The maximum atomic E-state index is 12.4. The molecule has 0 radical (unpaired) electrons. The average Bonchev–Trinajstić information content (AvgIpc) is 3.28. The van der Waals surface area contributed by atoms with Gasteiger partial charge in [0.2, 0.25) is 0 Å². The second-order valence-corrected chi connectivity index (χ2v) is 8.19. The zero-order chi connectivity index (χ0) is 21.3. The van der Waals surface area contributed by atoms with Crippen molar-refractivity contribution in [3.05, 3.63) is 58.1 Å². The minimum atomic E-state index is -0.289. The van der Waals surface area contributed by atoms with Gasteiger partial charge in [-0.1, -0.05) is 17.3 Å². The molecule has 154 valence electrons. The molecule has 2 heterocycles. The van der Waals surface area contributed by atoms with E-state index < -0.39 is 0 Å². The Morgan fingerprint density at radius 3 is 2.80 bits per heavy atom. The summed E-state index contributed by atoms with van der Waals surface area (Å²) in [6.45, 7) is 4.12. The summed E-state index contributed by atoms with van der Waals surface area (Å²) in [5.41, 5.74) is 5.46. The van der Waals surface area contributed by atoms with Crippen LogP contribution in [0.25, 0.3) is 21.6 Å². The zero-order valence-electron chi connectivity index (χ0n) is 17.3. The summed E-state index contributed by atoms with van der Waals surface area (Å²) in [6.07, 6.45) is 0.186. The van der Waals surface area contributed by atoms with E-state index in [1.165, 1.54) is 11.3 Å². The number of aromatic nitrogens is 4. The van der Waals surface area contributed by atoms with Crippen molar-refractivity contribution in [3.63, 3.8) is 0 Å². The van der Waals surface area contributed by atoms with Gasteiger partial charge in [0.05, 0.1) is 30.3 Å². The molecule has 0 saturated carbocycles. The monoisotopic (exact) mass is 422 g/mol. The molecule has 4 rings (SSSR count). The maximum absolute atomic E-state index is 12.4. The molecule has 0 saturated heterocycles. The smallest absolute Gasteiger partial charge is 0.311 e. The standard InChI is InChI=1S/C22H22N4O3S/c1-13-5-7-16(19(9-13)28-4)22-23-14(2)20(30-22)11-21(27)29-12-15-6-8-18-17(10-15)24-25-26(18)3/h5-10H,11-12H2,1-4H3. The van der Waals surface area contributed by atoms with Gasteiger partial charge in [0.1, 0.15) is 22.9 Å². The van der Waals surface area contributed by atoms with Crippen molar-refractivity contribution in [2.75, 3.05) is 7.11 Å². The van der Waals surface area contributed by atoms with E-state index in [-0.39, 0.29) is 19.0 Å². The molecule has 0 bridgehead atoms. The van der Waals surface area contributed by atoms with Crippen LogP contribution in [-0.2, 0) is 29.6 Å². The lowest BCUT2D eigenvalue weighted by Gasteiger charge is -2.06. The van der Waals surface area contributed by atoms with Crippen molar-refractivity contribution in [1.29, 1.82) is 0 Å². The van der Waals surface area contributed by atoms with Gasteiger partial charge in [-0.2, -0.15) is 0 Å². The van der Waals surface area contributed by atoms with Gasteiger partial charge < -0.3 is 9.47 Å². The number of ether oxygens (including phenoxy) is 2. The van der Waals surface area contributed by atoms with Crippen LogP contribution in [0.1, 0.15) is 21.7 Å². The summed E-state index contributed by atoms with van der Waals surface area (Å²) in [4.78, 5) is 18.0. The van der Waals surface area contributed by atoms with Crippen molar-refractivity contribution in [1.82, 2.24) is 20.0 Å². The van der Waals surface area contributed by atoms with Gasteiger partial charge >= 0.3 is 5.97 Å². The molecule has 7 nitrogen and oxygen atoms in total. The molecule has 0 aliphatic rings. The number of nitrogens with zero attached hydrogens (tertiary/aromatic N) is 4. The van der Waals surface area contributed by atoms with Crippen LogP contribution in [0.3, 0.4) is 0 Å². The van der Waals surface area contributed by atoms with Gasteiger partial charge in [0.25, 0.3) is 0 Å². The van der Waals surface area contributed by atoms with Crippen LogP contribution in [0.15, 0.2) is 36.4 Å². The number of fused-ring (bicyclic) bond motifs is 1. The molecule has 30 heavy (non-hydrogen) atoms. The molecule has 0 aliphatic carbocycles. The van der Waals surface area contributed by atoms with E-state index >= 15 is 0 Å². The lowest BCUT2D eigenvalue weighted by atomic mass is 10.1. The Morgan fingerprint density at radius 2 is 2.00 bits per heavy atom. The van der Waals surface area contributed by atoms with Crippen molar-refractivity contribution in [2.24, 2.45) is 7.05 Å². The topological polar surface area (TPSA) is 79.1 Å². The summed E-state index contributed by atoms with van der Waals surface area (Å²) in [5.74, 6) is 0.487. The highest BCUT2D eigenvalue weighted by Gasteiger charge is 2.16. The first-order chi connectivity index (χ1) is 14.4. The maximum Gasteiger partial charge on any atom is 0.311 e. The Bertz CT molecular complexity index is 1230. The SMILES string of the molecule is COc1cc(C)ccc1-c1nc(C)c(CC(=O)OCc2ccc3c(c2)nnn3C)s1. The molecule has 0 atom stereocenters. The van der Waals surface area contributed by atoms with Crippen LogP contribution < -0.4 is 4.74 Å². The van der Waals surface area contributed by atoms with E-state index in [4.69, 9.17) is 9.47 Å². The third-order valence-electron chi connectivity index (χ3n) is 4.86. The number of aryl methyl sites for hydroxylation is 3. The molecule has 0 aliphatic heterocycles. The molecule has 0 N–H and O–H groups in total. The summed E-state index contributed by atoms with van der Waals surface area (Å²) in [6, 6.07) is 11.7. The minimum Gasteiger partial charge on any atom is -0.496 e. The molecular weight excluding hydrogens is 400 g/mol. The molecular formula is C22H22N4O3S. The quantitative estimate of drug-likeness (QED) is 0.437. The number of thiazole rings is 1. The van der Waals surface area contributed by atoms with E-state index in [1.807, 2.05) is 57.3 Å². The molecule has 0 spiro atoms. The Hall–Kier alpha value is -3.26. The predicted molar refractivity (Wildman–Crippen MR) is 116 cm³/mol. The fourth-order valence-corrected chi connectivity index (χ4v) is 4.28. The van der Waals surface area contributed by atoms with Crippen LogP contribution in [-0.4, -0.2) is 33.1 Å². The number of hydrogen-bond donors (Lipinski definition) is 0. The summed E-state index contributed by atoms with van der Waals surface area (Å²) in [5, 5.41) is 8.91. The van der Waals surface area contributed by atoms with Gasteiger partial charge in [-0.3, -0.25) is 4.79 Å². The van der Waals surface area contributed by atoms with Crippen LogP contribution in [0.5, 0.6) is 5.75 Å². The molecule has 2 aromatic carbocycles. The van der Waals surface area contributed by atoms with E-state index in [1.54, 1.807) is 11.8 Å². The largest absolute Gasteiger partial charge is 0.496 e. The highest BCUT2D eigenvalue weighted by Crippen LogP contribution is 2.35. The zero-order valence-corrected chi connectivity index (χ0v) is 18.1. The van der Waals surface area contributed by atoms with Gasteiger partial charge in [0, 0.05) is 11.9 Å². The van der Waals surface area contributed by atoms with Crippen LogP contribution in [0.2, 0.25) is 0 Å². The number of benzene rings is 2. The molecule has 8 heteroatoms. The number of hydrogen-bond acceptors (Lipinski definition) is 7. The predicted octanol–water partition coefficient (Wildman–Crippen LogP) is 4.00. The normalized spacial score (nSPS) is 11.1. The van der Waals surface area contributed by atoms with Crippen molar-refractivity contribution in [3.8, 4) is 16.3 Å². The summed E-state index contributed by atoms with van der Waals surface area (Å²) in [7, 11) is 3.49. The Labute approximate surface area is 178 Å². The van der Waals surface area contributed by atoms with Crippen molar-refractivity contribution in [2.45, 2.75) is 26.9 Å². The van der Waals surface area contributed by atoms with E-state index in [2.05, 4.69) is 15.3 Å². The average molecular weight is 423 g/mol. The molecule has 2 aromatic heterocycles. The molecule has 4 aromatic rings. The van der Waals surface area contributed by atoms with Gasteiger partial charge in [-0.25, -0.2) is 9.67 Å². The van der Waals surface area contributed by atoms with Crippen molar-refractivity contribution >= 4 is 28.3 Å². The highest BCUT2D eigenvalue weighted by molar-refractivity contribution is 7.15. The first-order valence-electron chi connectivity index (χ1n) is 9.50. The molecule has 0 unspecified atom stereocenters. The first-order valence-corrected chi connectivity index (χ1v) is 10.3. The van der Waals surface area contributed by atoms with Crippen LogP contribution in [0.4, 0.5) is 0 Å². The Balaban J connectivity index is 1.44. The Kier molecular flexibility index (Phi) is 5.50. The third kappa shape index (κ3) is 4.04. The number of carbonyl (C=O) groups excluding carboxylic acids is 1. The Morgan fingerprint density at radius 1 is 1.17 bits per heavy atom. The van der Waals surface area contributed by atoms with E-state index in [0.717, 1.165) is 49.1 Å². The fourth-order valence-electron chi connectivity index (χ4n) is 3.20. The summed E-state index contributed by atoms with van der Waals surface area (Å²) >= 11 is 1.49. The first kappa shape index (κ1) is 20.0. The second-order valence-electron chi connectivity index (χ2n) is 7.10. The molecule has 0 amide bonds. The second kappa shape index (κ2) is 8.23. The highest BCUT2D eigenvalue weighted by atomic mass is 32.1. The number of carbonyl (C=O) groups is 1. The number of esters is 1. The number of rotatable bonds is 6. The van der Waals surface area contributed by atoms with E-state index in [0.29, 0.717) is 0 Å². The lowest BCUT2D eigenvalue weighted by Crippen LogP contribution is -2.07. The number of methoxy groups -OCH3 is 1. The van der Waals surface area contributed by atoms with Crippen molar-refractivity contribution < 1.29 is 14.3 Å². The fraction of sp³-hybridized carbons (Fsp3) is 0.273. The van der Waals surface area contributed by atoms with Gasteiger partial charge in [-0.15, -0.1) is 16.4 Å². The lowest BCUT2D eigenvalue weighted by molar-refractivity contribution is -0.144. The summed E-state index contributed by atoms with van der Waals surface area (Å²) < 4.78 is 12.7. The van der Waals surface area contributed by atoms with Crippen LogP contribution >= 0.6 is 11.3 Å². The van der Waals surface area contributed by atoms with Crippen LogP contribution in [0, 0.1) is 13.8 Å². The van der Waals surface area contributed by atoms with Gasteiger partial charge in [-0.05, 0) is 49.2 Å². The molecule has 0 fully saturated rings. The van der Waals surface area contributed by atoms with Gasteiger partial charge in [0.15, 0.2) is 0 Å². The van der Waals surface area contributed by atoms with E-state index in [9.17, 15) is 4.79 Å². The third-order valence-corrected chi connectivity index (χ3v) is 6.05.